The smallest absolute Gasteiger partial charge is 0.246 e. The molecule has 39 heavy (non-hydrogen) atoms. The van der Waals surface area contributed by atoms with Crippen molar-refractivity contribution in [2.75, 3.05) is 26.2 Å². The van der Waals surface area contributed by atoms with Crippen LogP contribution in [-0.4, -0.2) is 59.9 Å². The van der Waals surface area contributed by atoms with E-state index < -0.39 is 6.04 Å². The summed E-state index contributed by atoms with van der Waals surface area (Å²) in [5, 5.41) is 7.00. The molecule has 4 rings (SSSR count). The lowest BCUT2D eigenvalue weighted by molar-refractivity contribution is -0.138. The number of carbonyl (C=O) groups excluding carboxylic acids is 3. The van der Waals surface area contributed by atoms with Crippen molar-refractivity contribution in [3.63, 3.8) is 0 Å². The van der Waals surface area contributed by atoms with E-state index in [4.69, 9.17) is 4.74 Å². The summed E-state index contributed by atoms with van der Waals surface area (Å²) >= 11 is 0. The molecule has 1 fully saturated rings. The molecule has 0 radical (unpaired) electrons. The van der Waals surface area contributed by atoms with Gasteiger partial charge >= 0.3 is 0 Å². The average Bonchev–Trinajstić information content (AvgIpc) is 3.60. The molecular formula is C30H37FN4O4. The van der Waals surface area contributed by atoms with Crippen molar-refractivity contribution in [3.8, 4) is 0 Å². The maximum atomic E-state index is 12.9. The second-order valence-electron chi connectivity index (χ2n) is 9.93. The molecule has 3 amide bonds. The number of H-pyrrole nitrogens is 1. The number of halogens is 1. The Morgan fingerprint density at radius 2 is 1.82 bits per heavy atom. The molecule has 0 bridgehead atoms. The van der Waals surface area contributed by atoms with Gasteiger partial charge in [-0.25, -0.2) is 4.39 Å². The molecule has 2 heterocycles. The van der Waals surface area contributed by atoms with E-state index in [1.165, 1.54) is 23.1 Å². The largest absolute Gasteiger partial charge is 0.367 e. The van der Waals surface area contributed by atoms with Crippen molar-refractivity contribution in [3.05, 3.63) is 71.7 Å². The van der Waals surface area contributed by atoms with Crippen molar-refractivity contribution < 1.29 is 23.5 Å². The van der Waals surface area contributed by atoms with Crippen LogP contribution in [0.25, 0.3) is 10.9 Å². The summed E-state index contributed by atoms with van der Waals surface area (Å²) in [5.41, 5.74) is 3.05. The third-order valence-corrected chi connectivity index (χ3v) is 7.05. The highest BCUT2D eigenvalue weighted by molar-refractivity contribution is 5.88. The molecule has 1 saturated heterocycles. The number of carbonyl (C=O) groups is 3. The summed E-state index contributed by atoms with van der Waals surface area (Å²) in [6.07, 6.45) is 6.91. The van der Waals surface area contributed by atoms with Crippen LogP contribution in [0.3, 0.4) is 0 Å². The van der Waals surface area contributed by atoms with E-state index in [2.05, 4.69) is 21.7 Å². The van der Waals surface area contributed by atoms with Gasteiger partial charge in [0.15, 0.2) is 0 Å². The predicted octanol–water partition coefficient (Wildman–Crippen LogP) is 3.85. The Kier molecular flexibility index (Phi) is 10.5. The van der Waals surface area contributed by atoms with Gasteiger partial charge in [0.1, 0.15) is 18.5 Å². The van der Waals surface area contributed by atoms with Crippen molar-refractivity contribution in [1.29, 1.82) is 0 Å². The molecule has 1 aliphatic heterocycles. The maximum Gasteiger partial charge on any atom is 0.246 e. The van der Waals surface area contributed by atoms with E-state index in [9.17, 15) is 18.8 Å². The van der Waals surface area contributed by atoms with Gasteiger partial charge in [-0.3, -0.25) is 14.4 Å². The molecule has 1 atom stereocenters. The number of aromatic nitrogens is 1. The second-order valence-corrected chi connectivity index (χ2v) is 9.93. The fourth-order valence-electron chi connectivity index (χ4n) is 4.96. The van der Waals surface area contributed by atoms with E-state index in [0.717, 1.165) is 36.8 Å². The van der Waals surface area contributed by atoms with Gasteiger partial charge in [0.25, 0.3) is 0 Å². The van der Waals surface area contributed by atoms with Crippen LogP contribution in [0.2, 0.25) is 0 Å². The molecule has 208 valence electrons. The summed E-state index contributed by atoms with van der Waals surface area (Å²) in [4.78, 5) is 42.5. The van der Waals surface area contributed by atoms with Crippen LogP contribution in [-0.2, 0) is 32.1 Å². The standard InChI is InChI=1S/C30H37FN4O4/c31-24-13-11-22(12-14-24)20-39-21-28(36)32-16-5-1-2-10-29(37)35-18-6-9-27(35)30(38)33-17-15-23-19-34-26-8-4-3-7-25(23)26/h3-4,7-8,11-14,19,27,34H,1-2,5-6,9-10,15-18,20-21H2,(H,32,36)(H,33,38)/t27-/m0/s1. The number of amides is 3. The highest BCUT2D eigenvalue weighted by Crippen LogP contribution is 2.20. The van der Waals surface area contributed by atoms with Crippen LogP contribution in [0.5, 0.6) is 0 Å². The van der Waals surface area contributed by atoms with Gasteiger partial charge in [0.05, 0.1) is 6.61 Å². The van der Waals surface area contributed by atoms with Crippen LogP contribution in [0.1, 0.15) is 49.7 Å². The second kappa shape index (κ2) is 14.4. The van der Waals surface area contributed by atoms with Gasteiger partial charge in [-0.05, 0) is 61.4 Å². The van der Waals surface area contributed by atoms with Gasteiger partial charge in [-0.2, -0.15) is 0 Å². The minimum atomic E-state index is -0.394. The summed E-state index contributed by atoms with van der Waals surface area (Å²) in [7, 11) is 0. The first-order chi connectivity index (χ1) is 19.0. The van der Waals surface area contributed by atoms with Crippen LogP contribution in [0.15, 0.2) is 54.7 Å². The Bertz CT molecular complexity index is 1240. The van der Waals surface area contributed by atoms with Crippen molar-refractivity contribution in [1.82, 2.24) is 20.5 Å². The first kappa shape index (κ1) is 28.3. The van der Waals surface area contributed by atoms with E-state index in [0.29, 0.717) is 38.9 Å². The highest BCUT2D eigenvalue weighted by atomic mass is 19.1. The van der Waals surface area contributed by atoms with E-state index in [-0.39, 0.29) is 36.8 Å². The van der Waals surface area contributed by atoms with Gasteiger partial charge in [0.2, 0.25) is 17.7 Å². The number of nitrogens with one attached hydrogen (secondary N) is 3. The molecule has 3 N–H and O–H groups in total. The van der Waals surface area contributed by atoms with E-state index in [1.54, 1.807) is 17.0 Å². The molecule has 1 aromatic heterocycles. The molecule has 9 heteroatoms. The Morgan fingerprint density at radius 1 is 1.00 bits per heavy atom. The third-order valence-electron chi connectivity index (χ3n) is 7.05. The normalized spacial score (nSPS) is 15.0. The van der Waals surface area contributed by atoms with Crippen LogP contribution in [0.4, 0.5) is 4.39 Å². The zero-order valence-electron chi connectivity index (χ0n) is 22.2. The molecule has 0 spiro atoms. The molecule has 2 aromatic carbocycles. The number of hydrogen-bond donors (Lipinski definition) is 3. The number of nitrogens with zero attached hydrogens (tertiary/aromatic N) is 1. The first-order valence-corrected chi connectivity index (χ1v) is 13.7. The highest BCUT2D eigenvalue weighted by Gasteiger charge is 2.33. The molecule has 3 aromatic rings. The fourth-order valence-corrected chi connectivity index (χ4v) is 4.96. The summed E-state index contributed by atoms with van der Waals surface area (Å²) in [5.74, 6) is -0.575. The van der Waals surface area contributed by atoms with E-state index >= 15 is 0 Å². The van der Waals surface area contributed by atoms with Crippen LogP contribution in [0, 0.1) is 5.82 Å². The summed E-state index contributed by atoms with van der Waals surface area (Å²) < 4.78 is 18.3. The maximum absolute atomic E-state index is 12.9. The molecule has 0 unspecified atom stereocenters. The van der Waals surface area contributed by atoms with Crippen LogP contribution >= 0.6 is 0 Å². The lowest BCUT2D eigenvalue weighted by Gasteiger charge is -2.24. The molecule has 8 nitrogen and oxygen atoms in total. The monoisotopic (exact) mass is 536 g/mol. The average molecular weight is 537 g/mol. The van der Waals surface area contributed by atoms with Gasteiger partial charge < -0.3 is 25.3 Å². The lowest BCUT2D eigenvalue weighted by Crippen LogP contribution is -2.46. The number of para-hydroxylation sites is 1. The van der Waals surface area contributed by atoms with Crippen LogP contribution < -0.4 is 10.6 Å². The SMILES string of the molecule is O=C(COCc1ccc(F)cc1)NCCCCCC(=O)N1CCC[C@H]1C(=O)NCCc1c[nH]c2ccccc12. The van der Waals surface area contributed by atoms with E-state index in [1.807, 2.05) is 24.4 Å². The van der Waals surface area contributed by atoms with Gasteiger partial charge in [-0.1, -0.05) is 36.8 Å². The molecular weight excluding hydrogens is 499 g/mol. The number of rotatable bonds is 14. The topological polar surface area (TPSA) is 104 Å². The minimum absolute atomic E-state index is 0.0162. The number of likely N-dealkylation sites (tertiary alicyclic amines) is 1. The Balaban J connectivity index is 1.06. The third kappa shape index (κ3) is 8.38. The Hall–Kier alpha value is -3.72. The Morgan fingerprint density at radius 3 is 2.67 bits per heavy atom. The number of unbranched alkanes of at least 4 members (excludes halogenated alkanes) is 2. The van der Waals surface area contributed by atoms with Crippen molar-refractivity contribution in [2.45, 2.75) is 57.6 Å². The Labute approximate surface area is 228 Å². The fraction of sp³-hybridized carbons (Fsp3) is 0.433. The number of fused-ring (bicyclic) bond motifs is 1. The number of ether oxygens (including phenoxy) is 1. The number of hydrogen-bond acceptors (Lipinski definition) is 4. The van der Waals surface area contributed by atoms with Crippen molar-refractivity contribution in [2.24, 2.45) is 0 Å². The summed E-state index contributed by atoms with van der Waals surface area (Å²) in [6, 6.07) is 13.7. The molecule has 0 aliphatic carbocycles. The quantitative estimate of drug-likeness (QED) is 0.272. The molecule has 0 saturated carbocycles. The van der Waals surface area contributed by atoms with Gasteiger partial charge in [0, 0.05) is 43.2 Å². The first-order valence-electron chi connectivity index (χ1n) is 13.7. The minimum Gasteiger partial charge on any atom is -0.367 e. The lowest BCUT2D eigenvalue weighted by atomic mass is 10.1. The molecule has 1 aliphatic rings. The zero-order valence-corrected chi connectivity index (χ0v) is 22.2. The van der Waals surface area contributed by atoms with Crippen molar-refractivity contribution >= 4 is 28.6 Å². The number of aromatic amines is 1. The number of benzene rings is 2. The zero-order chi connectivity index (χ0) is 27.5. The predicted molar refractivity (Wildman–Crippen MR) is 147 cm³/mol. The van der Waals surface area contributed by atoms with Gasteiger partial charge in [-0.15, -0.1) is 0 Å². The summed E-state index contributed by atoms with van der Waals surface area (Å²) in [6.45, 7) is 1.85.